The minimum Gasteiger partial charge on any atom is -0.380 e. The van der Waals surface area contributed by atoms with E-state index in [2.05, 4.69) is 5.32 Å². The molecule has 1 aromatic rings. The lowest BCUT2D eigenvalue weighted by Crippen LogP contribution is -2.32. The Balaban J connectivity index is 2.00. The summed E-state index contributed by atoms with van der Waals surface area (Å²) in [7, 11) is 1.56. The van der Waals surface area contributed by atoms with Crippen molar-refractivity contribution >= 4 is 5.91 Å². The zero-order chi connectivity index (χ0) is 14.6. The Labute approximate surface area is 120 Å². The SMILES string of the molecule is COC(CN)CC(=O)NCCCOCc1ccccc1. The molecule has 0 aliphatic carbocycles. The van der Waals surface area contributed by atoms with Crippen LogP contribution >= 0.6 is 0 Å². The van der Waals surface area contributed by atoms with Gasteiger partial charge in [-0.3, -0.25) is 4.79 Å². The number of carbonyl (C=O) groups is 1. The first-order valence-electron chi connectivity index (χ1n) is 6.87. The van der Waals surface area contributed by atoms with Crippen molar-refractivity contribution in [1.29, 1.82) is 0 Å². The van der Waals surface area contributed by atoms with Crippen molar-refractivity contribution in [2.75, 3.05) is 26.8 Å². The molecule has 20 heavy (non-hydrogen) atoms. The molecular weight excluding hydrogens is 256 g/mol. The number of hydrogen-bond donors (Lipinski definition) is 2. The molecule has 5 heteroatoms. The van der Waals surface area contributed by atoms with Crippen molar-refractivity contribution in [1.82, 2.24) is 5.32 Å². The largest absolute Gasteiger partial charge is 0.380 e. The van der Waals surface area contributed by atoms with Gasteiger partial charge in [0.2, 0.25) is 5.91 Å². The van der Waals surface area contributed by atoms with Gasteiger partial charge in [0.25, 0.3) is 0 Å². The molecule has 0 heterocycles. The van der Waals surface area contributed by atoms with Crippen LogP contribution in [0.2, 0.25) is 0 Å². The van der Waals surface area contributed by atoms with Crippen LogP contribution in [0, 0.1) is 0 Å². The number of carbonyl (C=O) groups excluding carboxylic acids is 1. The van der Waals surface area contributed by atoms with Crippen LogP contribution in [0.3, 0.4) is 0 Å². The van der Waals surface area contributed by atoms with Gasteiger partial charge in [0.05, 0.1) is 19.1 Å². The molecule has 0 radical (unpaired) electrons. The Hall–Kier alpha value is -1.43. The van der Waals surface area contributed by atoms with E-state index in [0.717, 1.165) is 12.0 Å². The van der Waals surface area contributed by atoms with Gasteiger partial charge in [-0.1, -0.05) is 30.3 Å². The van der Waals surface area contributed by atoms with E-state index in [9.17, 15) is 4.79 Å². The predicted octanol–water partition coefficient (Wildman–Crippen LogP) is 1.07. The molecule has 3 N–H and O–H groups in total. The molecule has 1 atom stereocenters. The Morgan fingerprint density at radius 2 is 2.10 bits per heavy atom. The number of hydrogen-bond acceptors (Lipinski definition) is 4. The third-order valence-corrected chi connectivity index (χ3v) is 2.91. The molecule has 0 saturated carbocycles. The number of ether oxygens (including phenoxy) is 2. The number of nitrogens with one attached hydrogen (secondary N) is 1. The molecule has 0 aliphatic heterocycles. The molecule has 1 unspecified atom stereocenters. The van der Waals surface area contributed by atoms with E-state index in [1.807, 2.05) is 30.3 Å². The molecule has 0 bridgehead atoms. The highest BCUT2D eigenvalue weighted by atomic mass is 16.5. The first kappa shape index (κ1) is 16.6. The fourth-order valence-electron chi connectivity index (χ4n) is 1.71. The van der Waals surface area contributed by atoms with Crippen molar-refractivity contribution in [3.05, 3.63) is 35.9 Å². The molecule has 1 amide bonds. The number of nitrogens with two attached hydrogens (primary N) is 1. The zero-order valence-corrected chi connectivity index (χ0v) is 12.0. The lowest BCUT2D eigenvalue weighted by molar-refractivity contribution is -0.123. The highest BCUT2D eigenvalue weighted by molar-refractivity contribution is 5.76. The van der Waals surface area contributed by atoms with E-state index in [0.29, 0.717) is 32.7 Å². The molecule has 0 spiro atoms. The van der Waals surface area contributed by atoms with Crippen LogP contribution in [0.15, 0.2) is 30.3 Å². The maximum atomic E-state index is 11.5. The van der Waals surface area contributed by atoms with Gasteiger partial charge in [-0.05, 0) is 12.0 Å². The van der Waals surface area contributed by atoms with E-state index >= 15 is 0 Å². The van der Waals surface area contributed by atoms with Crippen LogP contribution in [0.25, 0.3) is 0 Å². The van der Waals surface area contributed by atoms with Crippen LogP contribution in [0.5, 0.6) is 0 Å². The van der Waals surface area contributed by atoms with Gasteiger partial charge < -0.3 is 20.5 Å². The average Bonchev–Trinajstić information content (AvgIpc) is 2.49. The summed E-state index contributed by atoms with van der Waals surface area (Å²) in [5.41, 5.74) is 6.61. The monoisotopic (exact) mass is 280 g/mol. The number of amides is 1. The fourth-order valence-corrected chi connectivity index (χ4v) is 1.71. The minimum absolute atomic E-state index is 0.0367. The highest BCUT2D eigenvalue weighted by Gasteiger charge is 2.10. The number of methoxy groups -OCH3 is 1. The van der Waals surface area contributed by atoms with Crippen molar-refractivity contribution in [2.45, 2.75) is 25.6 Å². The van der Waals surface area contributed by atoms with Gasteiger partial charge in [-0.25, -0.2) is 0 Å². The Morgan fingerprint density at radius 3 is 2.75 bits per heavy atom. The number of rotatable bonds is 10. The van der Waals surface area contributed by atoms with Crippen LogP contribution in [-0.2, 0) is 20.9 Å². The lowest BCUT2D eigenvalue weighted by Gasteiger charge is -2.12. The highest BCUT2D eigenvalue weighted by Crippen LogP contribution is 2.00. The topological polar surface area (TPSA) is 73.6 Å². The molecule has 0 fully saturated rings. The summed E-state index contributed by atoms with van der Waals surface area (Å²) < 4.78 is 10.6. The van der Waals surface area contributed by atoms with Gasteiger partial charge in [0.15, 0.2) is 0 Å². The molecule has 0 aromatic heterocycles. The molecule has 1 rings (SSSR count). The Kier molecular flexibility index (Phi) is 8.62. The summed E-state index contributed by atoms with van der Waals surface area (Å²) in [4.78, 5) is 11.5. The fraction of sp³-hybridized carbons (Fsp3) is 0.533. The lowest BCUT2D eigenvalue weighted by atomic mass is 10.2. The van der Waals surface area contributed by atoms with Crippen LogP contribution in [0.4, 0.5) is 0 Å². The van der Waals surface area contributed by atoms with Gasteiger partial charge in [-0.2, -0.15) is 0 Å². The normalized spacial score (nSPS) is 12.1. The van der Waals surface area contributed by atoms with Crippen molar-refractivity contribution < 1.29 is 14.3 Å². The second-order valence-corrected chi connectivity index (χ2v) is 4.54. The van der Waals surface area contributed by atoms with Gasteiger partial charge in [0, 0.05) is 26.8 Å². The van der Waals surface area contributed by atoms with Crippen molar-refractivity contribution in [3.8, 4) is 0 Å². The molecule has 5 nitrogen and oxygen atoms in total. The standard InChI is InChI=1S/C15H24N2O3/c1-19-14(11-16)10-15(18)17-8-5-9-20-12-13-6-3-2-4-7-13/h2-4,6-7,14H,5,8-12,16H2,1H3,(H,17,18). The summed E-state index contributed by atoms with van der Waals surface area (Å²) in [5.74, 6) is -0.0367. The van der Waals surface area contributed by atoms with Crippen molar-refractivity contribution in [3.63, 3.8) is 0 Å². The Bertz CT molecular complexity index is 367. The smallest absolute Gasteiger partial charge is 0.222 e. The van der Waals surface area contributed by atoms with Crippen molar-refractivity contribution in [2.24, 2.45) is 5.73 Å². The maximum Gasteiger partial charge on any atom is 0.222 e. The third kappa shape index (κ3) is 7.23. The van der Waals surface area contributed by atoms with Gasteiger partial charge in [-0.15, -0.1) is 0 Å². The molecule has 0 aliphatic rings. The third-order valence-electron chi connectivity index (χ3n) is 2.91. The zero-order valence-electron chi connectivity index (χ0n) is 12.0. The van der Waals surface area contributed by atoms with Gasteiger partial charge in [0.1, 0.15) is 0 Å². The Morgan fingerprint density at radius 1 is 1.35 bits per heavy atom. The van der Waals surface area contributed by atoms with E-state index in [-0.39, 0.29) is 12.0 Å². The summed E-state index contributed by atoms with van der Waals surface area (Å²) in [6.45, 7) is 2.19. The second-order valence-electron chi connectivity index (χ2n) is 4.54. The van der Waals surface area contributed by atoms with E-state index in [1.165, 1.54) is 0 Å². The molecule has 0 saturated heterocycles. The second kappa shape index (κ2) is 10.4. The summed E-state index contributed by atoms with van der Waals surface area (Å²) in [5, 5.41) is 2.83. The first-order valence-corrected chi connectivity index (χ1v) is 6.87. The first-order chi connectivity index (χ1) is 9.76. The molecular formula is C15H24N2O3. The van der Waals surface area contributed by atoms with Crippen LogP contribution < -0.4 is 11.1 Å². The summed E-state index contributed by atoms with van der Waals surface area (Å²) in [6.07, 6.45) is 0.890. The maximum absolute atomic E-state index is 11.5. The van der Waals surface area contributed by atoms with Gasteiger partial charge >= 0.3 is 0 Å². The molecule has 112 valence electrons. The van der Waals surface area contributed by atoms with E-state index in [4.69, 9.17) is 15.2 Å². The van der Waals surface area contributed by atoms with E-state index in [1.54, 1.807) is 7.11 Å². The summed E-state index contributed by atoms with van der Waals surface area (Å²) in [6, 6.07) is 10.0. The summed E-state index contributed by atoms with van der Waals surface area (Å²) >= 11 is 0. The quantitative estimate of drug-likeness (QED) is 0.629. The molecule has 1 aromatic carbocycles. The number of benzene rings is 1. The van der Waals surface area contributed by atoms with E-state index < -0.39 is 0 Å². The van der Waals surface area contributed by atoms with Crippen LogP contribution in [0.1, 0.15) is 18.4 Å². The average molecular weight is 280 g/mol. The predicted molar refractivity (Wildman–Crippen MR) is 78.2 cm³/mol. The van der Waals surface area contributed by atoms with Crippen LogP contribution in [-0.4, -0.2) is 38.8 Å². The minimum atomic E-state index is -0.204.